The van der Waals surface area contributed by atoms with Crippen LogP contribution in [0.1, 0.15) is 19.4 Å². The molecule has 0 amide bonds. The summed E-state index contributed by atoms with van der Waals surface area (Å²) in [6, 6.07) is 9.92. The molecular weight excluding hydrogens is 273 g/mol. The Labute approximate surface area is 112 Å². The minimum Gasteiger partial charge on any atom is -0.229 e. The van der Waals surface area contributed by atoms with Crippen LogP contribution in [0.5, 0.6) is 0 Å². The zero-order valence-electron chi connectivity index (χ0n) is 8.82. The summed E-state index contributed by atoms with van der Waals surface area (Å²) in [5.41, 5.74) is 0.718. The van der Waals surface area contributed by atoms with Crippen LogP contribution in [0.2, 0.25) is 0 Å². The molecule has 77 valence electrons. The molecule has 0 saturated carbocycles. The van der Waals surface area contributed by atoms with Crippen molar-refractivity contribution in [3.8, 4) is 0 Å². The van der Waals surface area contributed by atoms with E-state index < -0.39 is 9.84 Å². The van der Waals surface area contributed by atoms with Crippen LogP contribution in [0, 0.1) is 6.07 Å². The van der Waals surface area contributed by atoms with Crippen LogP contribution < -0.4 is 0 Å². The Balaban J connectivity index is 0. The summed E-state index contributed by atoms with van der Waals surface area (Å²) in [5, 5.41) is 0. The third-order valence-corrected chi connectivity index (χ3v) is 2.03. The molecule has 0 bridgehead atoms. The summed E-state index contributed by atoms with van der Waals surface area (Å²) in [6.07, 6.45) is 1.22. The molecule has 1 aromatic rings. The van der Waals surface area contributed by atoms with Crippen molar-refractivity contribution in [2.75, 3.05) is 6.26 Å². The monoisotopic (exact) mass is 288 g/mol. The minimum atomic E-state index is -2.91. The number of hydrogen-bond acceptors (Lipinski definition) is 2. The molecule has 0 aromatic heterocycles. The number of hydrogen-bond donors (Lipinski definition) is 0. The number of rotatable bonds is 2. The third-order valence-electron chi connectivity index (χ3n) is 1.19. The normalized spacial score (nSPS) is 9.36. The fraction of sp³-hybridized carbons (Fsp3) is 0.400. The Bertz CT molecular complexity index is 319. The molecule has 0 atom stereocenters. The van der Waals surface area contributed by atoms with Gasteiger partial charge in [0.05, 0.1) is 5.75 Å². The van der Waals surface area contributed by atoms with Gasteiger partial charge in [0, 0.05) is 39.0 Å². The van der Waals surface area contributed by atoms with Crippen LogP contribution in [0.25, 0.3) is 0 Å². The molecule has 0 aliphatic rings. The fourth-order valence-corrected chi connectivity index (χ4v) is 1.55. The van der Waals surface area contributed by atoms with Crippen molar-refractivity contribution in [2.24, 2.45) is 0 Å². The molecule has 0 spiro atoms. The first-order valence-electron chi connectivity index (χ1n) is 4.21. The second kappa shape index (κ2) is 8.57. The summed E-state index contributed by atoms with van der Waals surface area (Å²) in [7, 11) is -2.91. The first-order chi connectivity index (χ1) is 6.08. The van der Waals surface area contributed by atoms with Gasteiger partial charge in [-0.25, -0.2) is 8.42 Å². The molecule has 1 radical (unpaired) electrons. The molecule has 14 heavy (non-hydrogen) atoms. The van der Waals surface area contributed by atoms with Crippen LogP contribution in [0.15, 0.2) is 24.3 Å². The maximum absolute atomic E-state index is 10.8. The van der Waals surface area contributed by atoms with E-state index >= 15 is 0 Å². The minimum absolute atomic E-state index is 0. The quantitative estimate of drug-likeness (QED) is 0.781. The van der Waals surface area contributed by atoms with Crippen molar-refractivity contribution in [2.45, 2.75) is 19.6 Å². The summed E-state index contributed by atoms with van der Waals surface area (Å²) in [5.74, 6) is 0.0772. The van der Waals surface area contributed by atoms with Crippen molar-refractivity contribution in [1.29, 1.82) is 0 Å². The van der Waals surface area contributed by atoms with E-state index in [1.54, 1.807) is 18.2 Å². The molecular formula is C10H15O2SY-. The maximum Gasteiger partial charge on any atom is 0.149 e. The molecule has 4 heteroatoms. The van der Waals surface area contributed by atoms with Gasteiger partial charge in [0.15, 0.2) is 0 Å². The third kappa shape index (κ3) is 8.85. The first-order valence-corrected chi connectivity index (χ1v) is 6.27. The maximum atomic E-state index is 10.8. The second-order valence-corrected chi connectivity index (χ2v) is 4.60. The molecule has 0 aliphatic heterocycles. The molecule has 1 rings (SSSR count). The Hall–Kier alpha value is 0.274. The van der Waals surface area contributed by atoms with Gasteiger partial charge in [0.25, 0.3) is 0 Å². The average molecular weight is 288 g/mol. The van der Waals surface area contributed by atoms with Crippen molar-refractivity contribution in [1.82, 2.24) is 0 Å². The van der Waals surface area contributed by atoms with Crippen LogP contribution in [0.4, 0.5) is 0 Å². The molecule has 0 fully saturated rings. The van der Waals surface area contributed by atoms with Crippen molar-refractivity contribution in [3.05, 3.63) is 35.9 Å². The molecule has 2 nitrogen and oxygen atoms in total. The Kier molecular flexibility index (Phi) is 10.2. The first kappa shape index (κ1) is 16.7. The second-order valence-electron chi connectivity index (χ2n) is 2.46. The van der Waals surface area contributed by atoms with Crippen molar-refractivity contribution >= 4 is 9.84 Å². The van der Waals surface area contributed by atoms with E-state index in [0.717, 1.165) is 5.56 Å². The van der Waals surface area contributed by atoms with Gasteiger partial charge in [-0.1, -0.05) is 13.8 Å². The summed E-state index contributed by atoms with van der Waals surface area (Å²) < 4.78 is 21.6. The number of sulfone groups is 1. The van der Waals surface area contributed by atoms with Gasteiger partial charge in [-0.3, -0.25) is 0 Å². The zero-order valence-corrected chi connectivity index (χ0v) is 12.5. The standard InChI is InChI=1S/C8H9O2S.C2H6.Y/c1-11(9,10)7-8-5-3-2-4-6-8;1-2;/h2-5H,7H2,1H3;1-2H3;/q-1;;. The Morgan fingerprint density at radius 3 is 2.21 bits per heavy atom. The van der Waals surface area contributed by atoms with E-state index in [1.165, 1.54) is 6.26 Å². The molecule has 0 N–H and O–H groups in total. The zero-order chi connectivity index (χ0) is 10.3. The smallest absolute Gasteiger partial charge is 0.149 e. The van der Waals surface area contributed by atoms with Crippen LogP contribution in [-0.4, -0.2) is 14.7 Å². The Morgan fingerprint density at radius 2 is 1.86 bits per heavy atom. The predicted molar refractivity (Wildman–Crippen MR) is 55.2 cm³/mol. The van der Waals surface area contributed by atoms with Crippen LogP contribution in [0.3, 0.4) is 0 Å². The van der Waals surface area contributed by atoms with Crippen LogP contribution >= 0.6 is 0 Å². The van der Waals surface area contributed by atoms with E-state index in [-0.39, 0.29) is 38.5 Å². The van der Waals surface area contributed by atoms with Gasteiger partial charge in [0.1, 0.15) is 9.84 Å². The van der Waals surface area contributed by atoms with E-state index in [1.807, 2.05) is 19.9 Å². The summed E-state index contributed by atoms with van der Waals surface area (Å²) in [4.78, 5) is 0. The molecule has 0 heterocycles. The van der Waals surface area contributed by atoms with E-state index in [0.29, 0.717) is 0 Å². The van der Waals surface area contributed by atoms with Gasteiger partial charge >= 0.3 is 0 Å². The summed E-state index contributed by atoms with van der Waals surface area (Å²) in [6.45, 7) is 4.00. The molecule has 0 unspecified atom stereocenters. The van der Waals surface area contributed by atoms with Crippen molar-refractivity contribution < 1.29 is 41.1 Å². The van der Waals surface area contributed by atoms with E-state index in [2.05, 4.69) is 6.07 Å². The predicted octanol–water partition coefficient (Wildman–Crippen LogP) is 2.06. The topological polar surface area (TPSA) is 34.1 Å². The van der Waals surface area contributed by atoms with Gasteiger partial charge < -0.3 is 0 Å². The molecule has 1 aromatic carbocycles. The fourth-order valence-electron chi connectivity index (χ4n) is 0.803. The van der Waals surface area contributed by atoms with Crippen LogP contribution in [-0.2, 0) is 48.3 Å². The van der Waals surface area contributed by atoms with Crippen molar-refractivity contribution in [3.63, 3.8) is 0 Å². The molecule has 0 aliphatic carbocycles. The van der Waals surface area contributed by atoms with E-state index in [4.69, 9.17) is 0 Å². The average Bonchev–Trinajstić information content (AvgIpc) is 2.07. The Morgan fingerprint density at radius 1 is 1.29 bits per heavy atom. The van der Waals surface area contributed by atoms with Gasteiger partial charge in [0.2, 0.25) is 0 Å². The largest absolute Gasteiger partial charge is 0.229 e. The van der Waals surface area contributed by atoms with E-state index in [9.17, 15) is 8.42 Å². The molecule has 0 saturated heterocycles. The summed E-state index contributed by atoms with van der Waals surface area (Å²) >= 11 is 0. The SMILES string of the molecule is CC.CS(=O)(=O)Cc1[c-]cccc1.[Y]. The number of benzene rings is 1. The van der Waals surface area contributed by atoms with Gasteiger partial charge in [-0.05, 0) is 0 Å². The van der Waals surface area contributed by atoms with Gasteiger partial charge in [-0.2, -0.15) is 30.3 Å². The van der Waals surface area contributed by atoms with Gasteiger partial charge in [-0.15, -0.1) is 5.56 Å².